The van der Waals surface area contributed by atoms with Crippen LogP contribution in [-0.4, -0.2) is 20.3 Å². The predicted molar refractivity (Wildman–Crippen MR) is 80.4 cm³/mol. The zero-order valence-electron chi connectivity index (χ0n) is 12.6. The number of fused-ring (bicyclic) bond motifs is 1. The van der Waals surface area contributed by atoms with Crippen molar-refractivity contribution >= 4 is 0 Å². The number of hydrogen-bond acceptors (Lipinski definition) is 3. The van der Waals surface area contributed by atoms with Gasteiger partial charge in [0.2, 0.25) is 0 Å². The van der Waals surface area contributed by atoms with Gasteiger partial charge < -0.3 is 14.8 Å². The van der Waals surface area contributed by atoms with Crippen molar-refractivity contribution in [3.63, 3.8) is 0 Å². The Morgan fingerprint density at radius 1 is 1.40 bits per heavy atom. The number of benzene rings is 1. The molecule has 3 heteroatoms. The molecule has 3 nitrogen and oxygen atoms in total. The third kappa shape index (κ3) is 2.51. The molecule has 1 unspecified atom stereocenters. The predicted octanol–water partition coefficient (Wildman–Crippen LogP) is 3.69. The molecule has 0 spiro atoms. The molecule has 1 fully saturated rings. The second kappa shape index (κ2) is 5.65. The maximum atomic E-state index is 5.76. The zero-order valence-corrected chi connectivity index (χ0v) is 12.6. The van der Waals surface area contributed by atoms with Gasteiger partial charge in [-0.3, -0.25) is 0 Å². The molecule has 1 atom stereocenters. The fraction of sp³-hybridized carbons (Fsp3) is 0.647. The first-order valence-electron chi connectivity index (χ1n) is 7.80. The van der Waals surface area contributed by atoms with E-state index in [1.54, 1.807) is 7.11 Å². The number of nitrogens with one attached hydrogen (secondary N) is 1. The summed E-state index contributed by atoms with van der Waals surface area (Å²) in [4.78, 5) is 0. The molecule has 2 aliphatic rings. The molecule has 110 valence electrons. The summed E-state index contributed by atoms with van der Waals surface area (Å²) in [6.45, 7) is 4.25. The average molecular weight is 275 g/mol. The van der Waals surface area contributed by atoms with Crippen molar-refractivity contribution in [3.05, 3.63) is 23.8 Å². The van der Waals surface area contributed by atoms with E-state index in [1.807, 2.05) is 12.1 Å². The van der Waals surface area contributed by atoms with Gasteiger partial charge in [-0.2, -0.15) is 0 Å². The number of hydrogen-bond donors (Lipinski definition) is 1. The Balaban J connectivity index is 1.72. The second-order valence-electron chi connectivity index (χ2n) is 6.18. The summed E-state index contributed by atoms with van der Waals surface area (Å²) < 4.78 is 11.1. The minimum atomic E-state index is 0.401. The topological polar surface area (TPSA) is 30.5 Å². The maximum Gasteiger partial charge on any atom is 0.124 e. The molecule has 0 bridgehead atoms. The Labute approximate surface area is 121 Å². The van der Waals surface area contributed by atoms with Crippen LogP contribution in [0.15, 0.2) is 18.2 Å². The first kappa shape index (κ1) is 13.7. The highest BCUT2D eigenvalue weighted by Gasteiger charge is 2.35. The molecule has 1 aliphatic carbocycles. The van der Waals surface area contributed by atoms with Crippen LogP contribution in [0.5, 0.6) is 11.5 Å². The van der Waals surface area contributed by atoms with Crippen LogP contribution in [0.4, 0.5) is 0 Å². The SMILES string of the molecule is CCC1(CNC2CCOc3ccc(OC)cc32)CCC1. The van der Waals surface area contributed by atoms with E-state index < -0.39 is 0 Å². The second-order valence-corrected chi connectivity index (χ2v) is 6.18. The number of methoxy groups -OCH3 is 1. The summed E-state index contributed by atoms with van der Waals surface area (Å²) in [5.74, 6) is 1.92. The van der Waals surface area contributed by atoms with Crippen molar-refractivity contribution in [2.45, 2.75) is 45.1 Å². The van der Waals surface area contributed by atoms with Gasteiger partial charge in [-0.25, -0.2) is 0 Å². The van der Waals surface area contributed by atoms with Gasteiger partial charge in [0.1, 0.15) is 11.5 Å². The molecule has 1 N–H and O–H groups in total. The van der Waals surface area contributed by atoms with Crippen LogP contribution < -0.4 is 14.8 Å². The van der Waals surface area contributed by atoms with Crippen LogP contribution >= 0.6 is 0 Å². The van der Waals surface area contributed by atoms with Gasteiger partial charge in [0, 0.05) is 24.6 Å². The normalized spacial score (nSPS) is 23.4. The summed E-state index contributed by atoms with van der Waals surface area (Å²) >= 11 is 0. The fourth-order valence-electron chi connectivity index (χ4n) is 3.38. The van der Waals surface area contributed by atoms with Gasteiger partial charge in [0.05, 0.1) is 13.7 Å². The molecular weight excluding hydrogens is 250 g/mol. The van der Waals surface area contributed by atoms with E-state index in [-0.39, 0.29) is 0 Å². The summed E-state index contributed by atoms with van der Waals surface area (Å²) in [6, 6.07) is 6.52. The number of rotatable bonds is 5. The molecule has 1 aromatic rings. The molecule has 0 saturated heterocycles. The Hall–Kier alpha value is -1.22. The van der Waals surface area contributed by atoms with Gasteiger partial charge in [-0.05, 0) is 42.9 Å². The highest BCUT2D eigenvalue weighted by molar-refractivity contribution is 5.43. The molecule has 1 heterocycles. The smallest absolute Gasteiger partial charge is 0.124 e. The Morgan fingerprint density at radius 2 is 2.25 bits per heavy atom. The molecule has 0 aromatic heterocycles. The van der Waals surface area contributed by atoms with E-state index in [0.29, 0.717) is 11.5 Å². The lowest BCUT2D eigenvalue weighted by molar-refractivity contribution is 0.114. The van der Waals surface area contributed by atoms with Crippen LogP contribution in [0.3, 0.4) is 0 Å². The van der Waals surface area contributed by atoms with Crippen molar-refractivity contribution in [2.75, 3.05) is 20.3 Å². The fourth-order valence-corrected chi connectivity index (χ4v) is 3.38. The minimum Gasteiger partial charge on any atom is -0.497 e. The van der Waals surface area contributed by atoms with Crippen LogP contribution in [0.25, 0.3) is 0 Å². The van der Waals surface area contributed by atoms with Gasteiger partial charge >= 0.3 is 0 Å². The van der Waals surface area contributed by atoms with E-state index in [2.05, 4.69) is 18.3 Å². The minimum absolute atomic E-state index is 0.401. The maximum absolute atomic E-state index is 5.76. The quantitative estimate of drug-likeness (QED) is 0.889. The summed E-state index contributed by atoms with van der Waals surface area (Å²) in [5, 5.41) is 3.79. The van der Waals surface area contributed by atoms with Gasteiger partial charge in [-0.1, -0.05) is 13.3 Å². The van der Waals surface area contributed by atoms with Crippen molar-refractivity contribution in [1.82, 2.24) is 5.32 Å². The van der Waals surface area contributed by atoms with Crippen molar-refractivity contribution in [2.24, 2.45) is 5.41 Å². The van der Waals surface area contributed by atoms with Crippen LogP contribution in [0.2, 0.25) is 0 Å². The highest BCUT2D eigenvalue weighted by atomic mass is 16.5. The van der Waals surface area contributed by atoms with E-state index in [9.17, 15) is 0 Å². The molecule has 1 saturated carbocycles. The van der Waals surface area contributed by atoms with E-state index in [4.69, 9.17) is 9.47 Å². The number of ether oxygens (including phenoxy) is 2. The Kier molecular flexibility index (Phi) is 3.88. The van der Waals surface area contributed by atoms with E-state index in [0.717, 1.165) is 31.1 Å². The lowest BCUT2D eigenvalue weighted by atomic mass is 9.67. The lowest BCUT2D eigenvalue weighted by Gasteiger charge is -2.43. The molecule has 0 amide bonds. The standard InChI is InChI=1S/C17H25NO2/c1-3-17(8-4-9-17)12-18-15-7-10-20-16-6-5-13(19-2)11-14(15)16/h5-6,11,15,18H,3-4,7-10,12H2,1-2H3. The largest absolute Gasteiger partial charge is 0.497 e. The van der Waals surface area contributed by atoms with Gasteiger partial charge in [-0.15, -0.1) is 0 Å². The van der Waals surface area contributed by atoms with Crippen LogP contribution in [-0.2, 0) is 0 Å². The van der Waals surface area contributed by atoms with Crippen LogP contribution in [0, 0.1) is 5.41 Å². The summed E-state index contributed by atoms with van der Waals surface area (Å²) in [5.41, 5.74) is 1.80. The molecule has 1 aliphatic heterocycles. The van der Waals surface area contributed by atoms with Gasteiger partial charge in [0.15, 0.2) is 0 Å². The zero-order chi connectivity index (χ0) is 14.0. The van der Waals surface area contributed by atoms with Crippen molar-refractivity contribution < 1.29 is 9.47 Å². The van der Waals surface area contributed by atoms with Crippen molar-refractivity contribution in [1.29, 1.82) is 0 Å². The van der Waals surface area contributed by atoms with Crippen molar-refractivity contribution in [3.8, 4) is 11.5 Å². The first-order valence-corrected chi connectivity index (χ1v) is 7.80. The molecule has 1 aromatic carbocycles. The third-order valence-corrected chi connectivity index (χ3v) is 5.14. The molecule has 3 rings (SSSR count). The summed E-state index contributed by atoms with van der Waals surface area (Å²) in [6.07, 6.45) is 6.48. The highest BCUT2D eigenvalue weighted by Crippen LogP contribution is 2.44. The van der Waals surface area contributed by atoms with E-state index >= 15 is 0 Å². The van der Waals surface area contributed by atoms with E-state index in [1.165, 1.54) is 31.2 Å². The Morgan fingerprint density at radius 3 is 2.90 bits per heavy atom. The average Bonchev–Trinajstić information content (AvgIpc) is 2.46. The third-order valence-electron chi connectivity index (χ3n) is 5.14. The summed E-state index contributed by atoms with van der Waals surface area (Å²) in [7, 11) is 1.72. The first-order chi connectivity index (χ1) is 9.76. The Bertz CT molecular complexity index is 463. The molecule has 20 heavy (non-hydrogen) atoms. The van der Waals surface area contributed by atoms with Gasteiger partial charge in [0.25, 0.3) is 0 Å². The monoisotopic (exact) mass is 275 g/mol. The molecular formula is C17H25NO2. The van der Waals surface area contributed by atoms with Crippen LogP contribution in [0.1, 0.15) is 50.6 Å². The molecule has 0 radical (unpaired) electrons. The lowest BCUT2D eigenvalue weighted by Crippen LogP contribution is -2.41.